The first-order valence-corrected chi connectivity index (χ1v) is 7.00. The molecule has 0 spiro atoms. The van der Waals surface area contributed by atoms with Crippen molar-refractivity contribution in [3.8, 4) is 0 Å². The lowest BCUT2D eigenvalue weighted by molar-refractivity contribution is 0.0268. The highest BCUT2D eigenvalue weighted by Crippen LogP contribution is 2.20. The summed E-state index contributed by atoms with van der Waals surface area (Å²) in [5, 5.41) is 15.9. The third-order valence-electron chi connectivity index (χ3n) is 3.43. The van der Waals surface area contributed by atoms with Crippen LogP contribution in [0.3, 0.4) is 0 Å². The molecule has 0 aliphatic carbocycles. The van der Waals surface area contributed by atoms with Crippen LogP contribution in [0.4, 0.5) is 0 Å². The predicted octanol–water partition coefficient (Wildman–Crippen LogP) is 1.38. The highest BCUT2D eigenvalue weighted by atomic mass is 16.5. The second-order valence-corrected chi connectivity index (χ2v) is 5.83. The first-order valence-electron chi connectivity index (χ1n) is 7.00. The van der Waals surface area contributed by atoms with Crippen molar-refractivity contribution in [2.75, 3.05) is 33.4 Å². The van der Waals surface area contributed by atoms with Gasteiger partial charge in [0, 0.05) is 25.6 Å². The monoisotopic (exact) mass is 273 g/mol. The summed E-state index contributed by atoms with van der Waals surface area (Å²) in [4.78, 5) is 4.54. The van der Waals surface area contributed by atoms with E-state index in [0.717, 1.165) is 18.9 Å². The minimum absolute atomic E-state index is 0.149. The smallest absolute Gasteiger partial charge is 0.191 e. The molecular weight excluding hydrogens is 242 g/mol. The van der Waals surface area contributed by atoms with Gasteiger partial charge in [0.2, 0.25) is 0 Å². The molecule has 5 nitrogen and oxygen atoms in total. The van der Waals surface area contributed by atoms with E-state index in [-0.39, 0.29) is 17.6 Å². The maximum atomic E-state index is 9.40. The van der Waals surface area contributed by atoms with E-state index in [9.17, 15) is 5.11 Å². The molecule has 0 radical (unpaired) electrons. The maximum absolute atomic E-state index is 9.40. The van der Waals surface area contributed by atoms with Crippen LogP contribution >= 0.6 is 0 Å². The summed E-state index contributed by atoms with van der Waals surface area (Å²) < 4.78 is 5.37. The van der Waals surface area contributed by atoms with E-state index >= 15 is 0 Å². The van der Waals surface area contributed by atoms with E-state index in [2.05, 4.69) is 22.5 Å². The number of rotatable bonds is 8. The van der Waals surface area contributed by atoms with E-state index in [0.29, 0.717) is 13.1 Å². The minimum Gasteiger partial charge on any atom is -0.396 e. The van der Waals surface area contributed by atoms with Crippen molar-refractivity contribution in [1.82, 2.24) is 10.6 Å². The number of ether oxygens (including phenoxy) is 1. The van der Waals surface area contributed by atoms with Gasteiger partial charge in [-0.05, 0) is 27.2 Å². The molecule has 0 aromatic rings. The Morgan fingerprint density at radius 2 is 1.84 bits per heavy atom. The molecule has 1 unspecified atom stereocenters. The van der Waals surface area contributed by atoms with Crippen LogP contribution in [-0.2, 0) is 4.74 Å². The fourth-order valence-electron chi connectivity index (χ4n) is 1.25. The van der Waals surface area contributed by atoms with Gasteiger partial charge in [0.05, 0.1) is 18.8 Å². The summed E-state index contributed by atoms with van der Waals surface area (Å²) >= 11 is 0. The number of methoxy groups -OCH3 is 1. The highest BCUT2D eigenvalue weighted by molar-refractivity contribution is 5.79. The minimum atomic E-state index is -0.235. The number of aliphatic hydroxyl groups is 1. The van der Waals surface area contributed by atoms with Gasteiger partial charge in [-0.15, -0.1) is 0 Å². The number of hydrogen-bond acceptors (Lipinski definition) is 3. The molecule has 0 fully saturated rings. The molecule has 1 atom stereocenters. The van der Waals surface area contributed by atoms with Crippen LogP contribution in [0.2, 0.25) is 0 Å². The molecule has 0 rings (SSSR count). The van der Waals surface area contributed by atoms with Crippen molar-refractivity contribution in [3.05, 3.63) is 0 Å². The third-order valence-corrected chi connectivity index (χ3v) is 3.43. The molecule has 0 aliphatic heterocycles. The van der Waals surface area contributed by atoms with Crippen molar-refractivity contribution in [1.29, 1.82) is 0 Å². The molecule has 0 bridgehead atoms. The van der Waals surface area contributed by atoms with Gasteiger partial charge >= 0.3 is 0 Å². The lowest BCUT2D eigenvalue weighted by Gasteiger charge is -2.26. The number of guanidine groups is 1. The Morgan fingerprint density at radius 3 is 2.26 bits per heavy atom. The SMILES string of the molecule is CCNC(=NCC(C)(CC)CO)NCC(C)(C)OC. The lowest BCUT2D eigenvalue weighted by atomic mass is 9.89. The normalized spacial score (nSPS) is 16.1. The predicted molar refractivity (Wildman–Crippen MR) is 80.6 cm³/mol. The average Bonchev–Trinajstić information content (AvgIpc) is 2.41. The van der Waals surface area contributed by atoms with Crippen LogP contribution in [0.25, 0.3) is 0 Å². The molecule has 114 valence electrons. The molecule has 0 aromatic carbocycles. The first-order chi connectivity index (χ1) is 8.82. The summed E-state index contributed by atoms with van der Waals surface area (Å²) in [7, 11) is 1.70. The van der Waals surface area contributed by atoms with Gasteiger partial charge in [0.25, 0.3) is 0 Å². The second kappa shape index (κ2) is 8.38. The molecule has 3 N–H and O–H groups in total. The largest absolute Gasteiger partial charge is 0.396 e. The maximum Gasteiger partial charge on any atom is 0.191 e. The lowest BCUT2D eigenvalue weighted by Crippen LogP contribution is -2.45. The molecule has 19 heavy (non-hydrogen) atoms. The standard InChI is InChI=1S/C14H31N3O2/c1-7-14(5,11-18)10-17-12(15-8-2)16-9-13(3,4)19-6/h18H,7-11H2,1-6H3,(H2,15,16,17). The van der Waals surface area contributed by atoms with Crippen LogP contribution in [0, 0.1) is 5.41 Å². The zero-order chi connectivity index (χ0) is 14.9. The third kappa shape index (κ3) is 7.38. The van der Waals surface area contributed by atoms with Crippen LogP contribution in [0.1, 0.15) is 41.0 Å². The Balaban J connectivity index is 4.55. The fourth-order valence-corrected chi connectivity index (χ4v) is 1.25. The molecule has 0 aromatic heterocycles. The number of aliphatic imine (C=N–C) groups is 1. The van der Waals surface area contributed by atoms with Gasteiger partial charge in [-0.25, -0.2) is 0 Å². The Labute approximate surface area is 117 Å². The van der Waals surface area contributed by atoms with Crippen LogP contribution in [-0.4, -0.2) is 50.0 Å². The van der Waals surface area contributed by atoms with Crippen molar-refractivity contribution in [3.63, 3.8) is 0 Å². The van der Waals surface area contributed by atoms with Crippen molar-refractivity contribution in [2.45, 2.75) is 46.6 Å². The summed E-state index contributed by atoms with van der Waals surface area (Å²) in [6.45, 7) is 12.4. The summed E-state index contributed by atoms with van der Waals surface area (Å²) in [6, 6.07) is 0. The van der Waals surface area contributed by atoms with Gasteiger partial charge in [0.1, 0.15) is 0 Å². The number of nitrogens with one attached hydrogen (secondary N) is 2. The summed E-state index contributed by atoms with van der Waals surface area (Å²) in [5.74, 6) is 0.765. The number of aliphatic hydroxyl groups excluding tert-OH is 1. The van der Waals surface area contributed by atoms with Crippen molar-refractivity contribution >= 4 is 5.96 Å². The molecule has 0 saturated heterocycles. The van der Waals surface area contributed by atoms with E-state index in [1.807, 2.05) is 27.7 Å². The van der Waals surface area contributed by atoms with Crippen LogP contribution in [0.15, 0.2) is 4.99 Å². The molecular formula is C14H31N3O2. The topological polar surface area (TPSA) is 65.9 Å². The van der Waals surface area contributed by atoms with Crippen LogP contribution in [0.5, 0.6) is 0 Å². The number of nitrogens with zero attached hydrogens (tertiary/aromatic N) is 1. The molecule has 0 heterocycles. The van der Waals surface area contributed by atoms with Crippen molar-refractivity contribution in [2.24, 2.45) is 10.4 Å². The summed E-state index contributed by atoms with van der Waals surface area (Å²) in [6.07, 6.45) is 0.899. The summed E-state index contributed by atoms with van der Waals surface area (Å²) in [5.41, 5.74) is -0.389. The number of hydrogen-bond donors (Lipinski definition) is 3. The van der Waals surface area contributed by atoms with E-state index in [4.69, 9.17) is 4.74 Å². The average molecular weight is 273 g/mol. The van der Waals surface area contributed by atoms with Gasteiger partial charge in [-0.1, -0.05) is 13.8 Å². The van der Waals surface area contributed by atoms with Gasteiger partial charge in [0.15, 0.2) is 5.96 Å². The second-order valence-electron chi connectivity index (χ2n) is 5.83. The highest BCUT2D eigenvalue weighted by Gasteiger charge is 2.21. The first kappa shape index (κ1) is 18.2. The van der Waals surface area contributed by atoms with E-state index < -0.39 is 0 Å². The Bertz CT molecular complexity index is 274. The van der Waals surface area contributed by atoms with Gasteiger partial charge in [-0.3, -0.25) is 4.99 Å². The Morgan fingerprint density at radius 1 is 1.21 bits per heavy atom. The van der Waals surface area contributed by atoms with Gasteiger partial charge in [-0.2, -0.15) is 0 Å². The molecule has 0 aliphatic rings. The Hall–Kier alpha value is -0.810. The van der Waals surface area contributed by atoms with E-state index in [1.54, 1.807) is 7.11 Å². The van der Waals surface area contributed by atoms with E-state index in [1.165, 1.54) is 0 Å². The van der Waals surface area contributed by atoms with Crippen LogP contribution < -0.4 is 10.6 Å². The zero-order valence-corrected chi connectivity index (χ0v) is 13.3. The van der Waals surface area contributed by atoms with Gasteiger partial charge < -0.3 is 20.5 Å². The molecule has 0 saturated carbocycles. The quantitative estimate of drug-likeness (QED) is 0.462. The fraction of sp³-hybridized carbons (Fsp3) is 0.929. The Kier molecular flexibility index (Phi) is 8.02. The zero-order valence-electron chi connectivity index (χ0n) is 13.3. The van der Waals surface area contributed by atoms with Crippen molar-refractivity contribution < 1.29 is 9.84 Å². The molecule has 5 heteroatoms. The molecule has 0 amide bonds.